The van der Waals surface area contributed by atoms with Gasteiger partial charge < -0.3 is 9.64 Å². The van der Waals surface area contributed by atoms with Crippen molar-refractivity contribution in [3.63, 3.8) is 0 Å². The van der Waals surface area contributed by atoms with Crippen LogP contribution < -0.4 is 0 Å². The highest BCUT2D eigenvalue weighted by Gasteiger charge is 2.26. The minimum atomic E-state index is -0.843. The number of amides is 1. The van der Waals surface area contributed by atoms with Crippen LogP contribution in [0.3, 0.4) is 0 Å². The Balaban J connectivity index is 1.80. The molecule has 1 aliphatic heterocycles. The highest BCUT2D eigenvalue weighted by Crippen LogP contribution is 2.27. The number of likely N-dealkylation sites (tertiary alicyclic amines) is 1. The van der Waals surface area contributed by atoms with Gasteiger partial charge in [0.1, 0.15) is 0 Å². The van der Waals surface area contributed by atoms with Crippen LogP contribution in [0.15, 0.2) is 48.5 Å². The Morgan fingerprint density at radius 2 is 1.57 bits per heavy atom. The fourth-order valence-corrected chi connectivity index (χ4v) is 3.53. The van der Waals surface area contributed by atoms with E-state index in [4.69, 9.17) is 4.74 Å². The lowest BCUT2D eigenvalue weighted by molar-refractivity contribution is -0.139. The van der Waals surface area contributed by atoms with Crippen LogP contribution in [0.5, 0.6) is 0 Å². The van der Waals surface area contributed by atoms with Crippen LogP contribution in [0.2, 0.25) is 0 Å². The average molecular weight is 376 g/mol. The van der Waals surface area contributed by atoms with Crippen molar-refractivity contribution in [2.75, 3.05) is 13.1 Å². The lowest BCUT2D eigenvalue weighted by Gasteiger charge is -2.24. The number of esters is 1. The molecule has 144 valence electrons. The molecule has 0 bridgehead atoms. The highest BCUT2D eigenvalue weighted by atomic mass is 16.5. The molecule has 0 N–H and O–H groups in total. The second-order valence-electron chi connectivity index (χ2n) is 6.99. The summed E-state index contributed by atoms with van der Waals surface area (Å²) in [5, 5.41) is 9.38. The quantitative estimate of drug-likeness (QED) is 0.751. The smallest absolute Gasteiger partial charge is 0.339 e. The summed E-state index contributed by atoms with van der Waals surface area (Å²) >= 11 is 0. The fourth-order valence-electron chi connectivity index (χ4n) is 3.53. The van der Waals surface area contributed by atoms with Crippen molar-refractivity contribution in [3.05, 3.63) is 59.7 Å². The Labute approximate surface area is 165 Å². The molecule has 1 amide bonds. The molecule has 0 saturated carbocycles. The number of ether oxygens (including phenoxy) is 1. The number of carbonyl (C=O) groups excluding carboxylic acids is 2. The summed E-state index contributed by atoms with van der Waals surface area (Å²) in [5.41, 5.74) is 2.13. The van der Waals surface area contributed by atoms with Crippen LogP contribution in [0, 0.1) is 11.3 Å². The minimum absolute atomic E-state index is 0.148. The van der Waals surface area contributed by atoms with E-state index in [2.05, 4.69) is 6.07 Å². The third kappa shape index (κ3) is 4.40. The summed E-state index contributed by atoms with van der Waals surface area (Å²) in [6, 6.07) is 16.3. The zero-order valence-electron chi connectivity index (χ0n) is 16.1. The van der Waals surface area contributed by atoms with Crippen LogP contribution >= 0.6 is 0 Å². The number of hydrogen-bond acceptors (Lipinski definition) is 4. The Morgan fingerprint density at radius 3 is 2.25 bits per heavy atom. The topological polar surface area (TPSA) is 70.4 Å². The van der Waals surface area contributed by atoms with Gasteiger partial charge >= 0.3 is 5.97 Å². The molecule has 3 rings (SSSR count). The van der Waals surface area contributed by atoms with E-state index in [1.165, 1.54) is 0 Å². The van der Waals surface area contributed by atoms with Crippen molar-refractivity contribution in [2.45, 2.75) is 38.7 Å². The molecule has 5 heteroatoms. The van der Waals surface area contributed by atoms with Gasteiger partial charge in [0.05, 0.1) is 17.2 Å². The van der Waals surface area contributed by atoms with Crippen LogP contribution in [0.1, 0.15) is 48.5 Å². The molecular formula is C23H24N2O3. The van der Waals surface area contributed by atoms with E-state index in [9.17, 15) is 14.9 Å². The summed E-state index contributed by atoms with van der Waals surface area (Å²) in [6.45, 7) is 3.05. The van der Waals surface area contributed by atoms with E-state index in [1.807, 2.05) is 12.1 Å². The van der Waals surface area contributed by atoms with Gasteiger partial charge in [-0.3, -0.25) is 4.79 Å². The second-order valence-corrected chi connectivity index (χ2v) is 6.99. The molecule has 2 aromatic rings. The molecule has 0 unspecified atom stereocenters. The first-order valence-corrected chi connectivity index (χ1v) is 9.70. The molecule has 5 nitrogen and oxygen atoms in total. The van der Waals surface area contributed by atoms with Gasteiger partial charge in [0.25, 0.3) is 5.91 Å². The third-order valence-corrected chi connectivity index (χ3v) is 5.03. The number of nitriles is 1. The molecule has 0 aliphatic carbocycles. The number of hydrogen-bond donors (Lipinski definition) is 0. The molecular weight excluding hydrogens is 352 g/mol. The van der Waals surface area contributed by atoms with Gasteiger partial charge in [-0.25, -0.2) is 4.79 Å². The number of carbonyl (C=O) groups is 2. The summed E-state index contributed by atoms with van der Waals surface area (Å²) in [7, 11) is 0. The number of rotatable bonds is 4. The van der Waals surface area contributed by atoms with Crippen molar-refractivity contribution < 1.29 is 14.3 Å². The van der Waals surface area contributed by atoms with Gasteiger partial charge in [-0.15, -0.1) is 0 Å². The first-order valence-electron chi connectivity index (χ1n) is 9.70. The Morgan fingerprint density at radius 1 is 0.964 bits per heavy atom. The van der Waals surface area contributed by atoms with Gasteiger partial charge in [0.15, 0.2) is 6.10 Å². The standard InChI is InChI=1S/C23H24N2O3/c1-17(22(26)25-14-8-2-3-9-15-25)28-23(27)21-13-7-6-12-20(21)19-11-5-4-10-18(19)16-24/h4-7,10-13,17H,2-3,8-9,14-15H2,1H3/t17-/m0/s1. The highest BCUT2D eigenvalue weighted by molar-refractivity contribution is 5.99. The monoisotopic (exact) mass is 376 g/mol. The number of benzene rings is 2. The van der Waals surface area contributed by atoms with Crippen molar-refractivity contribution in [3.8, 4) is 17.2 Å². The van der Waals surface area contributed by atoms with Crippen molar-refractivity contribution in [1.29, 1.82) is 5.26 Å². The van der Waals surface area contributed by atoms with Gasteiger partial charge in [-0.2, -0.15) is 5.26 Å². The first-order chi connectivity index (χ1) is 13.6. The lowest BCUT2D eigenvalue weighted by atomic mass is 9.96. The second kappa shape index (κ2) is 9.18. The molecule has 0 spiro atoms. The average Bonchev–Trinajstić information content (AvgIpc) is 3.02. The SMILES string of the molecule is C[C@H](OC(=O)c1ccccc1-c1ccccc1C#N)C(=O)N1CCCCCC1. The first kappa shape index (κ1) is 19.6. The van der Waals surface area contributed by atoms with Crippen LogP contribution in [-0.4, -0.2) is 36.0 Å². The van der Waals surface area contributed by atoms with Crippen molar-refractivity contribution in [2.24, 2.45) is 0 Å². The molecule has 1 saturated heterocycles. The molecule has 1 fully saturated rings. The maximum absolute atomic E-state index is 12.8. The lowest BCUT2D eigenvalue weighted by Crippen LogP contribution is -2.40. The predicted octanol–water partition coefficient (Wildman–Crippen LogP) is 4.17. The van der Waals surface area contributed by atoms with E-state index >= 15 is 0 Å². The van der Waals surface area contributed by atoms with E-state index in [1.54, 1.807) is 48.2 Å². The number of nitrogens with zero attached hydrogens (tertiary/aromatic N) is 2. The Bertz CT molecular complexity index is 893. The molecule has 0 aromatic heterocycles. The Hall–Kier alpha value is -3.13. The van der Waals surface area contributed by atoms with Crippen molar-refractivity contribution in [1.82, 2.24) is 4.90 Å². The largest absolute Gasteiger partial charge is 0.449 e. The van der Waals surface area contributed by atoms with Gasteiger partial charge in [0, 0.05) is 18.7 Å². The molecule has 28 heavy (non-hydrogen) atoms. The van der Waals surface area contributed by atoms with Crippen LogP contribution in [-0.2, 0) is 9.53 Å². The summed E-state index contributed by atoms with van der Waals surface area (Å²) in [5.74, 6) is -0.704. The van der Waals surface area contributed by atoms with Gasteiger partial charge in [0.2, 0.25) is 0 Å². The molecule has 1 atom stereocenters. The van der Waals surface area contributed by atoms with Crippen LogP contribution in [0.25, 0.3) is 11.1 Å². The fraction of sp³-hybridized carbons (Fsp3) is 0.348. The third-order valence-electron chi connectivity index (χ3n) is 5.03. The Kier molecular flexibility index (Phi) is 6.44. The zero-order chi connectivity index (χ0) is 19.9. The van der Waals surface area contributed by atoms with Gasteiger partial charge in [-0.05, 0) is 37.5 Å². The maximum atomic E-state index is 12.8. The molecule has 2 aromatic carbocycles. The van der Waals surface area contributed by atoms with Crippen molar-refractivity contribution >= 4 is 11.9 Å². The molecule has 1 heterocycles. The maximum Gasteiger partial charge on any atom is 0.339 e. The van der Waals surface area contributed by atoms with E-state index in [0.717, 1.165) is 25.7 Å². The summed E-state index contributed by atoms with van der Waals surface area (Å²) < 4.78 is 5.51. The molecule has 1 aliphatic rings. The molecule has 0 radical (unpaired) electrons. The summed E-state index contributed by atoms with van der Waals surface area (Å²) in [4.78, 5) is 27.3. The van der Waals surface area contributed by atoms with Gasteiger partial charge in [-0.1, -0.05) is 49.2 Å². The van der Waals surface area contributed by atoms with E-state index < -0.39 is 12.1 Å². The summed E-state index contributed by atoms with van der Waals surface area (Å²) in [6.07, 6.45) is 3.39. The van der Waals surface area contributed by atoms with E-state index in [0.29, 0.717) is 35.3 Å². The zero-order valence-corrected chi connectivity index (χ0v) is 16.1. The predicted molar refractivity (Wildman–Crippen MR) is 107 cm³/mol. The normalized spacial score (nSPS) is 15.2. The minimum Gasteiger partial charge on any atom is -0.449 e. The van der Waals surface area contributed by atoms with Crippen LogP contribution in [0.4, 0.5) is 0 Å². The van der Waals surface area contributed by atoms with E-state index in [-0.39, 0.29) is 5.91 Å².